The Hall–Kier alpha value is -2.00. The first-order valence-electron chi connectivity index (χ1n) is 8.51. The molecule has 0 atom stereocenters. The predicted octanol–water partition coefficient (Wildman–Crippen LogP) is 3.87. The number of likely N-dealkylation sites (tertiary alicyclic amines) is 1. The minimum Gasteiger partial charge on any atom is -0.454 e. The summed E-state index contributed by atoms with van der Waals surface area (Å²) in [5, 5.41) is 0. The van der Waals surface area contributed by atoms with Gasteiger partial charge in [-0.3, -0.25) is 4.90 Å². The van der Waals surface area contributed by atoms with Crippen LogP contribution in [0, 0.1) is 5.92 Å². The van der Waals surface area contributed by atoms with Gasteiger partial charge in [-0.15, -0.1) is 0 Å². The second-order valence-corrected chi connectivity index (χ2v) is 6.60. The Kier molecular flexibility index (Phi) is 4.20. The monoisotopic (exact) mass is 309 g/mol. The fourth-order valence-corrected chi connectivity index (χ4v) is 3.59. The molecule has 2 aliphatic rings. The Morgan fingerprint density at radius 3 is 2.48 bits per heavy atom. The van der Waals surface area contributed by atoms with Crippen LogP contribution in [0.5, 0.6) is 11.5 Å². The van der Waals surface area contributed by atoms with E-state index in [2.05, 4.69) is 47.4 Å². The van der Waals surface area contributed by atoms with E-state index in [-0.39, 0.29) is 0 Å². The molecule has 0 bridgehead atoms. The summed E-state index contributed by atoms with van der Waals surface area (Å²) >= 11 is 0. The standard InChI is InChI=1S/C20H23NO2/c1-2-4-16(5-3-1)12-17-8-10-21(11-9-17)14-18-6-7-19-20(13-18)23-15-22-19/h1-7,13,17H,8-12,14-15H2. The third kappa shape index (κ3) is 3.50. The van der Waals surface area contributed by atoms with Gasteiger partial charge in [0.25, 0.3) is 0 Å². The number of hydrogen-bond acceptors (Lipinski definition) is 3. The molecule has 0 radical (unpaired) electrons. The van der Waals surface area contributed by atoms with Crippen molar-refractivity contribution in [3.63, 3.8) is 0 Å². The van der Waals surface area contributed by atoms with Crippen LogP contribution in [0.25, 0.3) is 0 Å². The molecule has 3 nitrogen and oxygen atoms in total. The Morgan fingerprint density at radius 1 is 0.870 bits per heavy atom. The van der Waals surface area contributed by atoms with Gasteiger partial charge >= 0.3 is 0 Å². The third-order valence-corrected chi connectivity index (χ3v) is 4.92. The molecule has 0 aliphatic carbocycles. The minimum absolute atomic E-state index is 0.351. The zero-order valence-corrected chi connectivity index (χ0v) is 13.4. The lowest BCUT2D eigenvalue weighted by atomic mass is 9.90. The van der Waals surface area contributed by atoms with E-state index in [1.54, 1.807) is 0 Å². The minimum atomic E-state index is 0.351. The van der Waals surface area contributed by atoms with Crippen LogP contribution in [0.15, 0.2) is 48.5 Å². The van der Waals surface area contributed by atoms with Crippen molar-refractivity contribution in [3.05, 3.63) is 59.7 Å². The van der Waals surface area contributed by atoms with Crippen LogP contribution in [0.1, 0.15) is 24.0 Å². The summed E-state index contributed by atoms with van der Waals surface area (Å²) in [6.45, 7) is 3.73. The van der Waals surface area contributed by atoms with Crippen LogP contribution >= 0.6 is 0 Å². The molecular weight excluding hydrogens is 286 g/mol. The molecule has 0 aromatic heterocycles. The van der Waals surface area contributed by atoms with E-state index in [0.29, 0.717) is 6.79 Å². The maximum atomic E-state index is 5.47. The number of benzene rings is 2. The van der Waals surface area contributed by atoms with Crippen molar-refractivity contribution in [1.82, 2.24) is 4.90 Å². The third-order valence-electron chi connectivity index (χ3n) is 4.92. The number of ether oxygens (including phenoxy) is 2. The Balaban J connectivity index is 1.30. The predicted molar refractivity (Wildman–Crippen MR) is 90.7 cm³/mol. The summed E-state index contributed by atoms with van der Waals surface area (Å²) in [5.41, 5.74) is 2.79. The quantitative estimate of drug-likeness (QED) is 0.856. The van der Waals surface area contributed by atoms with Gasteiger partial charge in [-0.2, -0.15) is 0 Å². The summed E-state index contributed by atoms with van der Waals surface area (Å²) in [4.78, 5) is 2.55. The molecule has 2 heterocycles. The van der Waals surface area contributed by atoms with Crippen LogP contribution in [-0.2, 0) is 13.0 Å². The van der Waals surface area contributed by atoms with Crippen LogP contribution in [-0.4, -0.2) is 24.8 Å². The Labute approximate surface area is 137 Å². The van der Waals surface area contributed by atoms with Crippen LogP contribution < -0.4 is 9.47 Å². The van der Waals surface area contributed by atoms with Gasteiger partial charge in [0.15, 0.2) is 11.5 Å². The number of piperidine rings is 1. The second kappa shape index (κ2) is 6.63. The van der Waals surface area contributed by atoms with Crippen LogP contribution in [0.2, 0.25) is 0 Å². The second-order valence-electron chi connectivity index (χ2n) is 6.60. The highest BCUT2D eigenvalue weighted by Gasteiger charge is 2.20. The van der Waals surface area contributed by atoms with Gasteiger partial charge < -0.3 is 9.47 Å². The van der Waals surface area contributed by atoms with Gasteiger partial charge in [-0.05, 0) is 61.5 Å². The normalized spacial score (nSPS) is 18.3. The van der Waals surface area contributed by atoms with Crippen LogP contribution in [0.3, 0.4) is 0 Å². The van der Waals surface area contributed by atoms with Crippen molar-refractivity contribution >= 4 is 0 Å². The van der Waals surface area contributed by atoms with Gasteiger partial charge in [0.1, 0.15) is 0 Å². The fourth-order valence-electron chi connectivity index (χ4n) is 3.59. The lowest BCUT2D eigenvalue weighted by molar-refractivity contribution is 0.172. The molecule has 0 N–H and O–H groups in total. The van der Waals surface area contributed by atoms with E-state index in [4.69, 9.17) is 9.47 Å². The SMILES string of the molecule is c1ccc(CC2CCN(Cc3ccc4c(c3)OCO4)CC2)cc1. The molecule has 0 amide bonds. The molecule has 3 heteroatoms. The molecule has 2 aromatic rings. The number of rotatable bonds is 4. The maximum absolute atomic E-state index is 5.47. The topological polar surface area (TPSA) is 21.7 Å². The van der Waals surface area contributed by atoms with E-state index in [1.807, 2.05) is 6.07 Å². The number of nitrogens with zero attached hydrogens (tertiary/aromatic N) is 1. The maximum Gasteiger partial charge on any atom is 0.231 e. The Bertz CT molecular complexity index is 648. The number of fused-ring (bicyclic) bond motifs is 1. The molecule has 120 valence electrons. The van der Waals surface area contributed by atoms with Crippen molar-refractivity contribution < 1.29 is 9.47 Å². The van der Waals surface area contributed by atoms with Gasteiger partial charge in [0, 0.05) is 6.54 Å². The van der Waals surface area contributed by atoms with E-state index in [9.17, 15) is 0 Å². The van der Waals surface area contributed by atoms with Gasteiger partial charge in [-0.1, -0.05) is 36.4 Å². The first-order valence-corrected chi connectivity index (χ1v) is 8.51. The summed E-state index contributed by atoms with van der Waals surface area (Å²) < 4.78 is 10.8. The van der Waals surface area contributed by atoms with Gasteiger partial charge in [-0.25, -0.2) is 0 Å². The summed E-state index contributed by atoms with van der Waals surface area (Å²) in [7, 11) is 0. The average Bonchev–Trinajstić information content (AvgIpc) is 3.05. The summed E-state index contributed by atoms with van der Waals surface area (Å²) in [6.07, 6.45) is 3.80. The molecule has 2 aromatic carbocycles. The average molecular weight is 309 g/mol. The van der Waals surface area contributed by atoms with E-state index >= 15 is 0 Å². The first kappa shape index (κ1) is 14.6. The van der Waals surface area contributed by atoms with Crippen molar-refractivity contribution in [2.75, 3.05) is 19.9 Å². The largest absolute Gasteiger partial charge is 0.454 e. The molecule has 23 heavy (non-hydrogen) atoms. The highest BCUT2D eigenvalue weighted by atomic mass is 16.7. The summed E-state index contributed by atoms with van der Waals surface area (Å²) in [5.74, 6) is 2.59. The first-order chi connectivity index (χ1) is 11.4. The van der Waals surface area contributed by atoms with Crippen molar-refractivity contribution in [2.24, 2.45) is 5.92 Å². The van der Waals surface area contributed by atoms with Crippen molar-refractivity contribution in [1.29, 1.82) is 0 Å². The van der Waals surface area contributed by atoms with E-state index < -0.39 is 0 Å². The number of hydrogen-bond donors (Lipinski definition) is 0. The lowest BCUT2D eigenvalue weighted by Crippen LogP contribution is -2.33. The highest BCUT2D eigenvalue weighted by molar-refractivity contribution is 5.44. The van der Waals surface area contributed by atoms with E-state index in [1.165, 1.54) is 43.5 Å². The van der Waals surface area contributed by atoms with E-state index in [0.717, 1.165) is 24.0 Å². The molecule has 0 spiro atoms. The lowest BCUT2D eigenvalue weighted by Gasteiger charge is -2.32. The fraction of sp³-hybridized carbons (Fsp3) is 0.400. The highest BCUT2D eigenvalue weighted by Crippen LogP contribution is 2.33. The zero-order valence-electron chi connectivity index (χ0n) is 13.4. The molecule has 1 saturated heterocycles. The van der Waals surface area contributed by atoms with Gasteiger partial charge in [0.05, 0.1) is 0 Å². The molecule has 0 saturated carbocycles. The molecular formula is C20H23NO2. The molecule has 1 fully saturated rings. The van der Waals surface area contributed by atoms with Crippen molar-refractivity contribution in [3.8, 4) is 11.5 Å². The summed E-state index contributed by atoms with van der Waals surface area (Å²) in [6, 6.07) is 17.2. The smallest absolute Gasteiger partial charge is 0.231 e. The van der Waals surface area contributed by atoms with Crippen molar-refractivity contribution in [2.45, 2.75) is 25.8 Å². The molecule has 2 aliphatic heterocycles. The Morgan fingerprint density at radius 2 is 1.65 bits per heavy atom. The van der Waals surface area contributed by atoms with Gasteiger partial charge in [0.2, 0.25) is 6.79 Å². The zero-order chi connectivity index (χ0) is 15.5. The molecule has 4 rings (SSSR count). The van der Waals surface area contributed by atoms with Crippen LogP contribution in [0.4, 0.5) is 0 Å². The molecule has 0 unspecified atom stereocenters.